The van der Waals surface area contributed by atoms with Crippen molar-refractivity contribution in [3.63, 3.8) is 0 Å². The maximum Gasteiger partial charge on any atom is 0.228 e. The predicted molar refractivity (Wildman–Crippen MR) is 109 cm³/mol. The van der Waals surface area contributed by atoms with Crippen LogP contribution in [0, 0.1) is 19.8 Å². The molecule has 27 heavy (non-hydrogen) atoms. The quantitative estimate of drug-likeness (QED) is 0.801. The fraction of sp³-hybridized carbons (Fsp3) is 0.381. The van der Waals surface area contributed by atoms with Crippen LogP contribution in [-0.4, -0.2) is 35.3 Å². The number of aliphatic imine (C=N–C) groups is 1. The molecule has 1 saturated heterocycles. The highest BCUT2D eigenvalue weighted by molar-refractivity contribution is 5.82. The normalized spacial score (nSPS) is 15.6. The minimum atomic E-state index is 0.0196. The van der Waals surface area contributed by atoms with Crippen molar-refractivity contribution in [3.05, 3.63) is 47.2 Å². The summed E-state index contributed by atoms with van der Waals surface area (Å²) in [5.74, 6) is 1.50. The lowest BCUT2D eigenvalue weighted by Crippen LogP contribution is -2.37. The summed E-state index contributed by atoms with van der Waals surface area (Å²) in [6.07, 6.45) is 5.46. The van der Waals surface area contributed by atoms with Crippen LogP contribution in [0.4, 0.5) is 0 Å². The zero-order valence-electron chi connectivity index (χ0n) is 16.2. The van der Waals surface area contributed by atoms with Crippen LogP contribution in [0.1, 0.15) is 29.8 Å². The highest BCUT2D eigenvalue weighted by atomic mass is 16.2. The Bertz CT molecular complexity index is 875. The first-order valence-electron chi connectivity index (χ1n) is 9.29. The first-order valence-corrected chi connectivity index (χ1v) is 9.29. The molecule has 2 aromatic rings. The van der Waals surface area contributed by atoms with Crippen molar-refractivity contribution in [2.24, 2.45) is 18.0 Å². The van der Waals surface area contributed by atoms with Crippen molar-refractivity contribution in [2.75, 3.05) is 13.1 Å². The molecule has 6 nitrogen and oxygen atoms in total. The third-order valence-corrected chi connectivity index (χ3v) is 5.22. The van der Waals surface area contributed by atoms with Gasteiger partial charge >= 0.3 is 0 Å². The number of piperidine rings is 1. The van der Waals surface area contributed by atoms with Gasteiger partial charge in [-0.2, -0.15) is 0 Å². The van der Waals surface area contributed by atoms with Crippen molar-refractivity contribution in [2.45, 2.75) is 26.7 Å². The molecule has 0 bridgehead atoms. The lowest BCUT2D eigenvalue weighted by molar-refractivity contribution is -0.125. The smallest absolute Gasteiger partial charge is 0.228 e. The fourth-order valence-electron chi connectivity index (χ4n) is 3.31. The van der Waals surface area contributed by atoms with E-state index in [1.165, 1.54) is 0 Å². The summed E-state index contributed by atoms with van der Waals surface area (Å²) < 4.78 is 2.06. The molecule has 2 heterocycles. The van der Waals surface area contributed by atoms with Crippen molar-refractivity contribution in [3.8, 4) is 11.3 Å². The number of aryl methyl sites for hydroxylation is 2. The molecular formula is C21H27N5O. The Morgan fingerprint density at radius 3 is 2.74 bits per heavy atom. The Morgan fingerprint density at radius 1 is 1.37 bits per heavy atom. The molecule has 0 atom stereocenters. The maximum atomic E-state index is 12.5. The van der Waals surface area contributed by atoms with Gasteiger partial charge in [-0.1, -0.05) is 12.1 Å². The molecule has 1 aromatic heterocycles. The summed E-state index contributed by atoms with van der Waals surface area (Å²) >= 11 is 0. The Labute approximate surface area is 160 Å². The topological polar surface area (TPSA) is 71.3 Å². The second-order valence-electron chi connectivity index (χ2n) is 7.02. The fourth-order valence-corrected chi connectivity index (χ4v) is 3.31. The Hall–Kier alpha value is -2.73. The molecule has 0 radical (unpaired) electrons. The van der Waals surface area contributed by atoms with E-state index in [0.29, 0.717) is 5.82 Å². The zero-order valence-corrected chi connectivity index (χ0v) is 16.2. The van der Waals surface area contributed by atoms with Crippen LogP contribution >= 0.6 is 0 Å². The molecule has 1 aromatic carbocycles. The molecule has 1 aliphatic rings. The van der Waals surface area contributed by atoms with Gasteiger partial charge in [0.15, 0.2) is 0 Å². The van der Waals surface area contributed by atoms with Gasteiger partial charge in [0.25, 0.3) is 0 Å². The van der Waals surface area contributed by atoms with Crippen LogP contribution in [0.15, 0.2) is 35.2 Å². The number of carbonyl (C=O) groups is 1. The summed E-state index contributed by atoms with van der Waals surface area (Å²) in [5.41, 5.74) is 4.23. The van der Waals surface area contributed by atoms with E-state index >= 15 is 0 Å². The number of rotatable bonds is 5. The van der Waals surface area contributed by atoms with E-state index in [2.05, 4.69) is 50.1 Å². The lowest BCUT2D eigenvalue weighted by Gasteiger charge is -2.21. The molecule has 0 aliphatic carbocycles. The molecule has 3 rings (SSSR count). The number of carbonyl (C=O) groups excluding carboxylic acids is 1. The van der Waals surface area contributed by atoms with Gasteiger partial charge in [0.1, 0.15) is 11.6 Å². The van der Waals surface area contributed by atoms with Crippen molar-refractivity contribution < 1.29 is 4.79 Å². The van der Waals surface area contributed by atoms with Gasteiger partial charge in [-0.15, -0.1) is 0 Å². The first-order chi connectivity index (χ1) is 13.0. The number of hydrogen-bond acceptors (Lipinski definition) is 4. The average Bonchev–Trinajstić information content (AvgIpc) is 3.02. The molecule has 0 unspecified atom stereocenters. The van der Waals surface area contributed by atoms with Gasteiger partial charge in [-0.05, 0) is 69.8 Å². The second kappa shape index (κ2) is 8.31. The summed E-state index contributed by atoms with van der Waals surface area (Å²) in [6, 6.07) is 6.24. The van der Waals surface area contributed by atoms with Gasteiger partial charge < -0.3 is 15.2 Å². The average molecular weight is 365 g/mol. The zero-order chi connectivity index (χ0) is 19.4. The summed E-state index contributed by atoms with van der Waals surface area (Å²) in [5, 5.41) is 6.21. The molecule has 6 heteroatoms. The monoisotopic (exact) mass is 365 g/mol. The number of benzene rings is 1. The molecule has 1 amide bonds. The van der Waals surface area contributed by atoms with E-state index in [1.54, 1.807) is 0 Å². The van der Waals surface area contributed by atoms with Gasteiger partial charge in [0.2, 0.25) is 5.91 Å². The summed E-state index contributed by atoms with van der Waals surface area (Å²) in [4.78, 5) is 20.9. The van der Waals surface area contributed by atoms with Crippen LogP contribution in [0.5, 0.6) is 0 Å². The van der Waals surface area contributed by atoms with E-state index in [9.17, 15) is 4.79 Å². The van der Waals surface area contributed by atoms with E-state index < -0.39 is 0 Å². The highest BCUT2D eigenvalue weighted by Crippen LogP contribution is 2.24. The van der Waals surface area contributed by atoms with Gasteiger partial charge in [-0.3, -0.25) is 4.79 Å². The van der Waals surface area contributed by atoms with Crippen LogP contribution in [-0.2, 0) is 11.8 Å². The first kappa shape index (κ1) is 19.0. The van der Waals surface area contributed by atoms with Gasteiger partial charge in [0.05, 0.1) is 11.9 Å². The number of nitrogens with one attached hydrogen (secondary N) is 2. The van der Waals surface area contributed by atoms with E-state index in [0.717, 1.165) is 54.1 Å². The third kappa shape index (κ3) is 4.34. The van der Waals surface area contributed by atoms with Crippen LogP contribution in [0.3, 0.4) is 0 Å². The molecule has 1 aliphatic heterocycles. The van der Waals surface area contributed by atoms with Gasteiger partial charge in [0, 0.05) is 18.5 Å². The molecule has 0 saturated carbocycles. The van der Waals surface area contributed by atoms with Crippen LogP contribution in [0.25, 0.3) is 17.3 Å². The standard InChI is InChI=1S/C21H27N5O/c1-14-5-6-17(19-13-24-15(2)26(19)4)11-18(14)12-20(22-3)25-21(27)16-7-9-23-10-8-16/h5-6,11-13,16,23H,3,7-10H2,1-2,4H3,(H,25,27)/b20-12+. The van der Waals surface area contributed by atoms with Gasteiger partial charge in [-0.25, -0.2) is 9.98 Å². The largest absolute Gasteiger partial charge is 0.331 e. The molecule has 142 valence electrons. The van der Waals surface area contributed by atoms with E-state index in [4.69, 9.17) is 0 Å². The second-order valence-corrected chi connectivity index (χ2v) is 7.02. The highest BCUT2D eigenvalue weighted by Gasteiger charge is 2.21. The maximum absolute atomic E-state index is 12.5. The molecule has 1 fully saturated rings. The number of aromatic nitrogens is 2. The Morgan fingerprint density at radius 2 is 2.11 bits per heavy atom. The predicted octanol–water partition coefficient (Wildman–Crippen LogP) is 2.82. The van der Waals surface area contributed by atoms with Crippen molar-refractivity contribution in [1.82, 2.24) is 20.2 Å². The summed E-state index contributed by atoms with van der Waals surface area (Å²) in [6.45, 7) is 9.40. The molecular weight excluding hydrogens is 338 g/mol. The molecule has 0 spiro atoms. The minimum Gasteiger partial charge on any atom is -0.331 e. The van der Waals surface area contributed by atoms with E-state index in [1.807, 2.05) is 33.2 Å². The third-order valence-electron chi connectivity index (χ3n) is 5.22. The number of hydrogen-bond donors (Lipinski definition) is 2. The van der Waals surface area contributed by atoms with Crippen LogP contribution in [0.2, 0.25) is 0 Å². The number of amides is 1. The number of imidazole rings is 1. The van der Waals surface area contributed by atoms with Crippen LogP contribution < -0.4 is 10.6 Å². The Balaban J connectivity index is 1.85. The Kier molecular flexibility index (Phi) is 5.86. The molecule has 2 N–H and O–H groups in total. The minimum absolute atomic E-state index is 0.0196. The number of nitrogens with zero attached hydrogens (tertiary/aromatic N) is 3. The SMILES string of the molecule is C=N/C(=C\c1cc(-c2cnc(C)n2C)ccc1C)NC(=O)C1CCNCC1. The van der Waals surface area contributed by atoms with E-state index in [-0.39, 0.29) is 11.8 Å². The van der Waals surface area contributed by atoms with Crippen molar-refractivity contribution in [1.29, 1.82) is 0 Å². The summed E-state index contributed by atoms with van der Waals surface area (Å²) in [7, 11) is 2.00. The van der Waals surface area contributed by atoms with Crippen molar-refractivity contribution >= 4 is 18.7 Å². The lowest BCUT2D eigenvalue weighted by atomic mass is 9.97.